The van der Waals surface area contributed by atoms with Gasteiger partial charge in [0.05, 0.1) is 26.1 Å². The van der Waals surface area contributed by atoms with Gasteiger partial charge in [0.15, 0.2) is 23.9 Å². The Hall–Kier alpha value is -3.35. The summed E-state index contributed by atoms with van der Waals surface area (Å²) in [5.74, 6) is 1.90. The summed E-state index contributed by atoms with van der Waals surface area (Å²) in [5, 5.41) is 3.91. The molecule has 0 atom stereocenters. The maximum absolute atomic E-state index is 13.0. The van der Waals surface area contributed by atoms with Crippen molar-refractivity contribution in [2.75, 3.05) is 13.7 Å². The van der Waals surface area contributed by atoms with Crippen molar-refractivity contribution in [1.29, 1.82) is 0 Å². The third kappa shape index (κ3) is 4.84. The summed E-state index contributed by atoms with van der Waals surface area (Å²) in [7, 11) is 1.58. The van der Waals surface area contributed by atoms with Crippen molar-refractivity contribution in [2.24, 2.45) is 5.16 Å². The van der Waals surface area contributed by atoms with Gasteiger partial charge in [0.25, 0.3) is 0 Å². The Morgan fingerprint density at radius 1 is 1.15 bits per heavy atom. The lowest BCUT2D eigenvalue weighted by molar-refractivity contribution is 0.113. The number of hydrogen-bond acceptors (Lipinski definition) is 6. The number of oxazole rings is 1. The molecule has 1 heterocycles. The molecule has 3 rings (SSSR count). The van der Waals surface area contributed by atoms with Gasteiger partial charge in [-0.1, -0.05) is 5.16 Å². The zero-order valence-corrected chi connectivity index (χ0v) is 15.0. The van der Waals surface area contributed by atoms with Gasteiger partial charge in [0.1, 0.15) is 5.82 Å². The summed E-state index contributed by atoms with van der Waals surface area (Å²) in [5.41, 5.74) is 1.54. The fraction of sp³-hybridized carbons (Fsp3) is 0.200. The number of hydrogen-bond donors (Lipinski definition) is 0. The zero-order valence-electron chi connectivity index (χ0n) is 15.0. The molecule has 0 amide bonds. The summed E-state index contributed by atoms with van der Waals surface area (Å²) in [6.07, 6.45) is 3.12. The number of halogens is 1. The molecule has 6 nitrogen and oxygen atoms in total. The molecule has 0 saturated heterocycles. The molecule has 0 saturated carbocycles. The van der Waals surface area contributed by atoms with Crippen molar-refractivity contribution in [3.63, 3.8) is 0 Å². The van der Waals surface area contributed by atoms with Crippen molar-refractivity contribution >= 4 is 6.21 Å². The number of aromatic nitrogens is 1. The molecule has 0 bridgehead atoms. The van der Waals surface area contributed by atoms with Crippen molar-refractivity contribution in [3.8, 4) is 22.8 Å². The van der Waals surface area contributed by atoms with E-state index in [1.165, 1.54) is 12.1 Å². The van der Waals surface area contributed by atoms with Crippen LogP contribution in [0.5, 0.6) is 11.5 Å². The molecule has 0 aliphatic heterocycles. The van der Waals surface area contributed by atoms with Crippen LogP contribution in [0.25, 0.3) is 11.3 Å². The molecular weight excluding hydrogens is 351 g/mol. The molecule has 7 heteroatoms. The standard InChI is InChI=1S/C20H19FN2O4/c1-3-25-17-9-4-14(10-18(17)24-2)11-23-26-13-20-22-12-19(27-20)15-5-7-16(21)8-6-15/h4-12H,3,13H2,1-2H3/b23-11-. The first kappa shape index (κ1) is 18.4. The second kappa shape index (κ2) is 8.84. The van der Waals surface area contributed by atoms with Gasteiger partial charge in [0.2, 0.25) is 5.89 Å². The summed E-state index contributed by atoms with van der Waals surface area (Å²) in [6.45, 7) is 2.54. The van der Waals surface area contributed by atoms with Crippen LogP contribution in [-0.4, -0.2) is 24.9 Å². The quantitative estimate of drug-likeness (QED) is 0.433. The number of oxime groups is 1. The molecular formula is C20H19FN2O4. The molecule has 0 N–H and O–H groups in total. The molecule has 140 valence electrons. The predicted molar refractivity (Wildman–Crippen MR) is 98.4 cm³/mol. The Kier molecular flexibility index (Phi) is 6.04. The van der Waals surface area contributed by atoms with Crippen LogP contribution in [0, 0.1) is 5.82 Å². The third-order valence-corrected chi connectivity index (χ3v) is 3.63. The summed E-state index contributed by atoms with van der Waals surface area (Å²) in [4.78, 5) is 9.35. The van der Waals surface area contributed by atoms with E-state index in [-0.39, 0.29) is 12.4 Å². The SMILES string of the molecule is CCOc1ccc(/C=N\OCc2ncc(-c3ccc(F)cc3)o2)cc1OC. The van der Waals surface area contributed by atoms with Crippen LogP contribution >= 0.6 is 0 Å². The topological polar surface area (TPSA) is 66.1 Å². The van der Waals surface area contributed by atoms with Crippen LogP contribution < -0.4 is 9.47 Å². The van der Waals surface area contributed by atoms with E-state index in [1.54, 1.807) is 37.7 Å². The van der Waals surface area contributed by atoms with E-state index in [1.807, 2.05) is 19.1 Å². The van der Waals surface area contributed by atoms with Gasteiger partial charge in [-0.25, -0.2) is 9.37 Å². The van der Waals surface area contributed by atoms with Gasteiger partial charge in [0, 0.05) is 11.1 Å². The van der Waals surface area contributed by atoms with Gasteiger partial charge >= 0.3 is 0 Å². The highest BCUT2D eigenvalue weighted by Gasteiger charge is 2.07. The number of ether oxygens (including phenoxy) is 2. The van der Waals surface area contributed by atoms with Crippen molar-refractivity contribution < 1.29 is 23.1 Å². The van der Waals surface area contributed by atoms with Crippen LogP contribution in [-0.2, 0) is 11.4 Å². The maximum atomic E-state index is 13.0. The van der Waals surface area contributed by atoms with E-state index in [0.29, 0.717) is 29.8 Å². The molecule has 0 unspecified atom stereocenters. The average Bonchev–Trinajstić information content (AvgIpc) is 3.16. The highest BCUT2D eigenvalue weighted by atomic mass is 19.1. The molecule has 27 heavy (non-hydrogen) atoms. The normalized spacial score (nSPS) is 10.9. The smallest absolute Gasteiger partial charge is 0.235 e. The van der Waals surface area contributed by atoms with E-state index < -0.39 is 0 Å². The molecule has 0 aliphatic rings. The summed E-state index contributed by atoms with van der Waals surface area (Å²) in [6, 6.07) is 11.4. The first-order valence-corrected chi connectivity index (χ1v) is 8.36. The van der Waals surface area contributed by atoms with Gasteiger partial charge < -0.3 is 18.7 Å². The molecule has 0 fully saturated rings. The third-order valence-electron chi connectivity index (χ3n) is 3.63. The van der Waals surface area contributed by atoms with Gasteiger partial charge in [-0.3, -0.25) is 0 Å². The fourth-order valence-corrected chi connectivity index (χ4v) is 2.35. The Morgan fingerprint density at radius 3 is 2.70 bits per heavy atom. The van der Waals surface area contributed by atoms with E-state index in [9.17, 15) is 4.39 Å². The average molecular weight is 370 g/mol. The van der Waals surface area contributed by atoms with Crippen molar-refractivity contribution in [3.05, 3.63) is 65.9 Å². The number of benzene rings is 2. The van der Waals surface area contributed by atoms with Gasteiger partial charge in [-0.05, 0) is 49.4 Å². The lowest BCUT2D eigenvalue weighted by Crippen LogP contribution is -1.96. The molecule has 2 aromatic carbocycles. The van der Waals surface area contributed by atoms with E-state index in [4.69, 9.17) is 18.7 Å². The Labute approximate surface area is 156 Å². The summed E-state index contributed by atoms with van der Waals surface area (Å²) < 4.78 is 29.3. The Morgan fingerprint density at radius 2 is 1.96 bits per heavy atom. The second-order valence-electron chi connectivity index (χ2n) is 5.48. The monoisotopic (exact) mass is 370 g/mol. The van der Waals surface area contributed by atoms with Gasteiger partial charge in [-0.2, -0.15) is 0 Å². The first-order chi connectivity index (χ1) is 13.2. The molecule has 0 spiro atoms. The molecule has 1 aromatic heterocycles. The van der Waals surface area contributed by atoms with E-state index >= 15 is 0 Å². The van der Waals surface area contributed by atoms with Gasteiger partial charge in [-0.15, -0.1) is 0 Å². The highest BCUT2D eigenvalue weighted by Crippen LogP contribution is 2.27. The lowest BCUT2D eigenvalue weighted by atomic mass is 10.2. The maximum Gasteiger partial charge on any atom is 0.235 e. The minimum atomic E-state index is -0.304. The minimum Gasteiger partial charge on any atom is -0.493 e. The minimum absolute atomic E-state index is 0.0753. The number of rotatable bonds is 8. The molecule has 0 aliphatic carbocycles. The fourth-order valence-electron chi connectivity index (χ4n) is 2.35. The molecule has 0 radical (unpaired) electrons. The predicted octanol–water partition coefficient (Wildman–Crippen LogP) is 4.44. The summed E-state index contributed by atoms with van der Waals surface area (Å²) >= 11 is 0. The highest BCUT2D eigenvalue weighted by molar-refractivity contribution is 5.80. The van der Waals surface area contributed by atoms with E-state index in [2.05, 4.69) is 10.1 Å². The second-order valence-corrected chi connectivity index (χ2v) is 5.48. The first-order valence-electron chi connectivity index (χ1n) is 8.36. The van der Waals surface area contributed by atoms with Crippen molar-refractivity contribution in [2.45, 2.75) is 13.5 Å². The Bertz CT molecular complexity index is 907. The number of nitrogens with zero attached hydrogens (tertiary/aromatic N) is 2. The molecule has 3 aromatic rings. The Balaban J connectivity index is 1.57. The van der Waals surface area contributed by atoms with Crippen LogP contribution in [0.3, 0.4) is 0 Å². The largest absolute Gasteiger partial charge is 0.493 e. The van der Waals surface area contributed by atoms with Crippen LogP contribution in [0.4, 0.5) is 4.39 Å². The van der Waals surface area contributed by atoms with E-state index in [0.717, 1.165) is 11.1 Å². The van der Waals surface area contributed by atoms with Crippen LogP contribution in [0.2, 0.25) is 0 Å². The number of methoxy groups -OCH3 is 1. The van der Waals surface area contributed by atoms with Crippen LogP contribution in [0.1, 0.15) is 18.4 Å². The van der Waals surface area contributed by atoms with Crippen LogP contribution in [0.15, 0.2) is 58.2 Å². The zero-order chi connectivity index (χ0) is 19.1. The van der Waals surface area contributed by atoms with Crippen molar-refractivity contribution in [1.82, 2.24) is 4.98 Å². The lowest BCUT2D eigenvalue weighted by Gasteiger charge is -2.09.